The van der Waals surface area contributed by atoms with Crippen molar-refractivity contribution < 1.29 is 9.72 Å². The van der Waals surface area contributed by atoms with Crippen molar-refractivity contribution in [3.05, 3.63) is 68.4 Å². The van der Waals surface area contributed by atoms with E-state index in [1.807, 2.05) is 42.6 Å². The first-order chi connectivity index (χ1) is 15.2. The number of hydrogen-bond acceptors (Lipinski definition) is 7. The molecule has 3 rings (SSSR count). The van der Waals surface area contributed by atoms with Crippen LogP contribution in [0.2, 0.25) is 10.0 Å². The smallest absolute Gasteiger partial charge is 0.294 e. The molecule has 0 saturated carbocycles. The third-order valence-corrected chi connectivity index (χ3v) is 6.07. The lowest BCUT2D eigenvalue weighted by Crippen LogP contribution is -2.21. The van der Waals surface area contributed by atoms with Crippen LogP contribution in [-0.2, 0) is 4.79 Å². The Morgan fingerprint density at radius 2 is 1.84 bits per heavy atom. The van der Waals surface area contributed by atoms with E-state index < -0.39 is 10.8 Å². The van der Waals surface area contributed by atoms with Gasteiger partial charge in [-0.2, -0.15) is 0 Å². The first-order valence-electron chi connectivity index (χ1n) is 9.41. The summed E-state index contributed by atoms with van der Waals surface area (Å²) in [6, 6.07) is 11.2. The van der Waals surface area contributed by atoms with Gasteiger partial charge >= 0.3 is 0 Å². The molecule has 1 N–H and O–H groups in total. The number of benzene rings is 2. The minimum atomic E-state index is -0.597. The Bertz CT molecular complexity index is 1140. The van der Waals surface area contributed by atoms with Gasteiger partial charge in [-0.1, -0.05) is 35.0 Å². The maximum absolute atomic E-state index is 12.5. The molecule has 0 saturated heterocycles. The fourth-order valence-corrected chi connectivity index (χ4v) is 3.84. The third-order valence-electron chi connectivity index (χ3n) is 4.65. The van der Waals surface area contributed by atoms with Crippen LogP contribution in [0, 0.1) is 10.1 Å². The quantitative estimate of drug-likeness (QED) is 0.271. The van der Waals surface area contributed by atoms with E-state index in [1.165, 1.54) is 30.0 Å². The van der Waals surface area contributed by atoms with Crippen molar-refractivity contribution in [3.8, 4) is 5.69 Å². The third kappa shape index (κ3) is 5.57. The number of nitrogens with zero attached hydrogens (tertiary/aromatic N) is 5. The minimum Gasteiger partial charge on any atom is -0.320 e. The summed E-state index contributed by atoms with van der Waals surface area (Å²) in [5.41, 5.74) is 0.604. The molecule has 2 aromatic carbocycles. The van der Waals surface area contributed by atoms with Gasteiger partial charge in [-0.05, 0) is 57.4 Å². The second-order valence-electron chi connectivity index (χ2n) is 7.05. The summed E-state index contributed by atoms with van der Waals surface area (Å²) in [6.07, 6.45) is 0. The van der Waals surface area contributed by atoms with Crippen molar-refractivity contribution in [1.29, 1.82) is 0 Å². The molecule has 0 bridgehead atoms. The van der Waals surface area contributed by atoms with E-state index in [1.54, 1.807) is 12.1 Å². The van der Waals surface area contributed by atoms with Gasteiger partial charge in [-0.15, -0.1) is 10.2 Å². The highest BCUT2D eigenvalue weighted by Crippen LogP contribution is 2.30. The van der Waals surface area contributed by atoms with Gasteiger partial charge < -0.3 is 5.32 Å². The fraction of sp³-hybridized carbons (Fsp3) is 0.250. The lowest BCUT2D eigenvalue weighted by Gasteiger charge is -2.20. The van der Waals surface area contributed by atoms with Gasteiger partial charge in [0.1, 0.15) is 5.69 Å². The summed E-state index contributed by atoms with van der Waals surface area (Å²) >= 11 is 13.0. The Kier molecular flexibility index (Phi) is 7.73. The molecule has 9 nitrogen and oxygen atoms in total. The summed E-state index contributed by atoms with van der Waals surface area (Å²) in [7, 11) is 3.87. The maximum Gasteiger partial charge on any atom is 0.294 e. The van der Waals surface area contributed by atoms with Gasteiger partial charge in [0.2, 0.25) is 5.91 Å². The Hall–Kier alpha value is -2.66. The molecule has 0 aliphatic heterocycles. The second kappa shape index (κ2) is 10.3. The highest BCUT2D eigenvalue weighted by atomic mass is 35.5. The monoisotopic (exact) mass is 494 g/mol. The Labute approximate surface area is 198 Å². The molecule has 1 atom stereocenters. The van der Waals surface area contributed by atoms with Crippen LogP contribution in [0.25, 0.3) is 5.69 Å². The number of amides is 1. The van der Waals surface area contributed by atoms with E-state index >= 15 is 0 Å². The Morgan fingerprint density at radius 3 is 2.47 bits per heavy atom. The average molecular weight is 495 g/mol. The zero-order chi connectivity index (χ0) is 23.4. The van der Waals surface area contributed by atoms with Crippen molar-refractivity contribution in [2.75, 3.05) is 25.2 Å². The molecule has 0 fully saturated rings. The second-order valence-corrected chi connectivity index (χ2v) is 8.86. The number of halogens is 2. The summed E-state index contributed by atoms with van der Waals surface area (Å²) in [4.78, 5) is 25.2. The van der Waals surface area contributed by atoms with Crippen LogP contribution in [-0.4, -0.2) is 50.3 Å². The Morgan fingerprint density at radius 1 is 1.19 bits per heavy atom. The highest BCUT2D eigenvalue weighted by molar-refractivity contribution is 7.99. The molecule has 1 amide bonds. The average Bonchev–Trinajstić information content (AvgIpc) is 3.17. The first-order valence-corrected chi connectivity index (χ1v) is 11.2. The predicted molar refractivity (Wildman–Crippen MR) is 126 cm³/mol. The van der Waals surface area contributed by atoms with Crippen molar-refractivity contribution >= 4 is 52.2 Å². The molecule has 32 heavy (non-hydrogen) atoms. The van der Waals surface area contributed by atoms with E-state index in [2.05, 4.69) is 15.5 Å². The summed E-state index contributed by atoms with van der Waals surface area (Å²) in [5.74, 6) is 0.254. The normalized spacial score (nSPS) is 12.1. The van der Waals surface area contributed by atoms with Crippen LogP contribution in [0.5, 0.6) is 0 Å². The first kappa shape index (κ1) is 24.0. The number of thioether (sulfide) groups is 1. The summed E-state index contributed by atoms with van der Waals surface area (Å²) in [5, 5.41) is 23.7. The van der Waals surface area contributed by atoms with E-state index in [0.717, 1.165) is 5.69 Å². The van der Waals surface area contributed by atoms with Crippen molar-refractivity contribution in [3.63, 3.8) is 0 Å². The van der Waals surface area contributed by atoms with Crippen LogP contribution in [0.15, 0.2) is 47.6 Å². The van der Waals surface area contributed by atoms with Gasteiger partial charge in [0.15, 0.2) is 11.0 Å². The van der Waals surface area contributed by atoms with Crippen molar-refractivity contribution in [2.24, 2.45) is 0 Å². The fourth-order valence-electron chi connectivity index (χ4n) is 2.79. The van der Waals surface area contributed by atoms with Crippen LogP contribution >= 0.6 is 35.0 Å². The number of anilines is 1. The standard InChI is InChI=1S/C20H20Cl2N6O3S/c1-12(26(2)3)19-24-25-20(27(19)15-7-4-13(21)5-8-15)32-11-18(29)23-16-9-6-14(22)10-17(16)28(30)31/h4-10,12H,11H2,1-3H3,(H,23,29). The molecular weight excluding hydrogens is 475 g/mol. The van der Waals surface area contributed by atoms with Gasteiger partial charge in [0, 0.05) is 21.8 Å². The van der Waals surface area contributed by atoms with Crippen LogP contribution in [0.1, 0.15) is 18.8 Å². The van der Waals surface area contributed by atoms with Crippen LogP contribution < -0.4 is 5.32 Å². The molecule has 168 valence electrons. The molecule has 0 aliphatic rings. The van der Waals surface area contributed by atoms with Gasteiger partial charge in [0.25, 0.3) is 5.69 Å². The summed E-state index contributed by atoms with van der Waals surface area (Å²) < 4.78 is 1.86. The van der Waals surface area contributed by atoms with E-state index in [0.29, 0.717) is 16.0 Å². The van der Waals surface area contributed by atoms with E-state index in [-0.39, 0.29) is 28.2 Å². The Balaban J connectivity index is 1.83. The molecular formula is C20H20Cl2N6O3S. The number of rotatable bonds is 8. The van der Waals surface area contributed by atoms with Gasteiger partial charge in [-0.3, -0.25) is 24.4 Å². The van der Waals surface area contributed by atoms with E-state index in [9.17, 15) is 14.9 Å². The number of carbonyl (C=O) groups is 1. The zero-order valence-electron chi connectivity index (χ0n) is 17.5. The number of hydrogen-bond donors (Lipinski definition) is 1. The number of carbonyl (C=O) groups excluding carboxylic acids is 1. The molecule has 1 aromatic heterocycles. The number of nitro groups is 1. The molecule has 0 aliphatic carbocycles. The zero-order valence-corrected chi connectivity index (χ0v) is 19.8. The number of aromatic nitrogens is 3. The largest absolute Gasteiger partial charge is 0.320 e. The van der Waals surface area contributed by atoms with Gasteiger partial charge in [-0.25, -0.2) is 0 Å². The van der Waals surface area contributed by atoms with E-state index in [4.69, 9.17) is 23.2 Å². The summed E-state index contributed by atoms with van der Waals surface area (Å²) in [6.45, 7) is 2.00. The maximum atomic E-state index is 12.5. The van der Waals surface area contributed by atoms with Gasteiger partial charge in [0.05, 0.1) is 16.7 Å². The molecule has 0 radical (unpaired) electrons. The SMILES string of the molecule is CC(c1nnc(SCC(=O)Nc2ccc(Cl)cc2[N+](=O)[O-])n1-c1ccc(Cl)cc1)N(C)C. The van der Waals surface area contributed by atoms with Crippen LogP contribution in [0.4, 0.5) is 11.4 Å². The lowest BCUT2D eigenvalue weighted by molar-refractivity contribution is -0.383. The molecule has 3 aromatic rings. The molecule has 12 heteroatoms. The molecule has 0 spiro atoms. The molecule has 1 unspecified atom stereocenters. The molecule has 1 heterocycles. The predicted octanol–water partition coefficient (Wildman–Crippen LogP) is 4.84. The minimum absolute atomic E-state index is 0.0259. The topological polar surface area (TPSA) is 106 Å². The highest BCUT2D eigenvalue weighted by Gasteiger charge is 2.22. The van der Waals surface area contributed by atoms with Crippen molar-refractivity contribution in [1.82, 2.24) is 19.7 Å². The number of nitro benzene ring substituents is 1. The number of nitrogens with one attached hydrogen (secondary N) is 1. The van der Waals surface area contributed by atoms with Crippen LogP contribution in [0.3, 0.4) is 0 Å². The lowest BCUT2D eigenvalue weighted by atomic mass is 10.2. The van der Waals surface area contributed by atoms with Crippen molar-refractivity contribution in [2.45, 2.75) is 18.1 Å².